The van der Waals surface area contributed by atoms with Crippen molar-refractivity contribution in [3.8, 4) is 0 Å². The van der Waals surface area contributed by atoms with E-state index in [1.54, 1.807) is 5.57 Å². The summed E-state index contributed by atoms with van der Waals surface area (Å²) in [6.07, 6.45) is 3.93. The smallest absolute Gasteiger partial charge is 0.00137 e. The molecule has 8 heavy (non-hydrogen) atoms. The Labute approximate surface area is 49.6 Å². The van der Waals surface area contributed by atoms with Crippen LogP contribution in [-0.2, 0) is 0 Å². The van der Waals surface area contributed by atoms with Crippen molar-refractivity contribution in [3.05, 3.63) is 11.6 Å². The highest BCUT2D eigenvalue weighted by Gasteiger charge is 2.60. The van der Waals surface area contributed by atoms with Crippen LogP contribution in [0, 0.1) is 23.7 Å². The molecule has 0 saturated heterocycles. The molecule has 0 nitrogen and oxygen atoms in total. The Balaban J connectivity index is 1.98. The van der Waals surface area contributed by atoms with Gasteiger partial charge in [0, 0.05) is 5.92 Å². The number of rotatable bonds is 0. The third kappa shape index (κ3) is 0.229. The van der Waals surface area contributed by atoms with Gasteiger partial charge in [-0.15, -0.1) is 0 Å². The molecule has 0 aromatic heterocycles. The van der Waals surface area contributed by atoms with Crippen molar-refractivity contribution in [2.45, 2.75) is 13.3 Å². The van der Waals surface area contributed by atoms with E-state index in [-0.39, 0.29) is 0 Å². The first-order valence-electron chi connectivity index (χ1n) is 3.58. The molecule has 4 atom stereocenters. The van der Waals surface area contributed by atoms with Crippen LogP contribution in [0.25, 0.3) is 0 Å². The van der Waals surface area contributed by atoms with Gasteiger partial charge in [0.05, 0.1) is 0 Å². The van der Waals surface area contributed by atoms with Gasteiger partial charge in [0.15, 0.2) is 0 Å². The molecule has 0 aliphatic heterocycles. The van der Waals surface area contributed by atoms with Gasteiger partial charge >= 0.3 is 0 Å². The average Bonchev–Trinajstić information content (AvgIpc) is 2.57. The summed E-state index contributed by atoms with van der Waals surface area (Å²) < 4.78 is 0. The Morgan fingerprint density at radius 3 is 3.00 bits per heavy atom. The molecule has 0 aromatic rings. The number of hydrogen-bond acceptors (Lipinski definition) is 0. The quantitative estimate of drug-likeness (QED) is 0.413. The lowest BCUT2D eigenvalue weighted by Gasteiger charge is -1.89. The molecule has 3 aliphatic rings. The van der Waals surface area contributed by atoms with Gasteiger partial charge in [0.25, 0.3) is 0 Å². The van der Waals surface area contributed by atoms with Gasteiger partial charge in [-0.3, -0.25) is 0 Å². The molecule has 0 heteroatoms. The molecule has 0 aromatic carbocycles. The van der Waals surface area contributed by atoms with E-state index in [0.717, 1.165) is 23.7 Å². The normalized spacial score (nSPS) is 63.9. The maximum Gasteiger partial charge on any atom is 0.00137 e. The zero-order chi connectivity index (χ0) is 5.30. The molecular weight excluding hydrogens is 96.1 g/mol. The van der Waals surface area contributed by atoms with Crippen molar-refractivity contribution in [1.29, 1.82) is 0 Å². The topological polar surface area (TPSA) is 0 Å². The van der Waals surface area contributed by atoms with Crippen LogP contribution in [0.15, 0.2) is 11.6 Å². The van der Waals surface area contributed by atoms with E-state index in [0.29, 0.717) is 0 Å². The van der Waals surface area contributed by atoms with Crippen LogP contribution in [-0.4, -0.2) is 0 Å². The lowest BCUT2D eigenvalue weighted by Crippen LogP contribution is -1.81. The first-order chi connectivity index (χ1) is 3.88. The molecule has 2 fully saturated rings. The Hall–Kier alpha value is -0.260. The summed E-state index contributed by atoms with van der Waals surface area (Å²) in [5.74, 6) is 4.38. The second-order valence-corrected chi connectivity index (χ2v) is 3.57. The molecule has 0 radical (unpaired) electrons. The Morgan fingerprint density at radius 2 is 2.50 bits per heavy atom. The lowest BCUT2D eigenvalue weighted by molar-refractivity contribution is 0.694. The Bertz CT molecular complexity index is 178. The fraction of sp³-hybridized carbons (Fsp3) is 0.750. The van der Waals surface area contributed by atoms with Gasteiger partial charge in [-0.05, 0) is 24.2 Å². The molecular formula is C8H10. The summed E-state index contributed by atoms with van der Waals surface area (Å²) >= 11 is 0. The maximum atomic E-state index is 2.46. The Kier molecular flexibility index (Phi) is 0.367. The molecule has 0 heterocycles. The first-order valence-corrected chi connectivity index (χ1v) is 3.58. The minimum absolute atomic E-state index is 1.02. The zero-order valence-corrected chi connectivity index (χ0v) is 5.09. The van der Waals surface area contributed by atoms with Gasteiger partial charge < -0.3 is 0 Å². The fourth-order valence-electron chi connectivity index (χ4n) is 2.51. The summed E-state index contributed by atoms with van der Waals surface area (Å²) in [5, 5.41) is 0. The molecule has 0 amide bonds. The van der Waals surface area contributed by atoms with Crippen LogP contribution in [0.2, 0.25) is 0 Å². The summed E-state index contributed by atoms with van der Waals surface area (Å²) in [5.41, 5.74) is 1.79. The fourth-order valence-corrected chi connectivity index (χ4v) is 2.51. The average molecular weight is 106 g/mol. The largest absolute Gasteiger partial charge is 0.0772 e. The third-order valence-electron chi connectivity index (χ3n) is 3.23. The van der Waals surface area contributed by atoms with Crippen LogP contribution in [0.5, 0.6) is 0 Å². The highest BCUT2D eigenvalue weighted by molar-refractivity contribution is 5.41. The molecule has 2 saturated carbocycles. The molecule has 0 N–H and O–H groups in total. The second kappa shape index (κ2) is 0.792. The van der Waals surface area contributed by atoms with Crippen molar-refractivity contribution in [3.63, 3.8) is 0 Å². The van der Waals surface area contributed by atoms with Crippen molar-refractivity contribution in [2.24, 2.45) is 23.7 Å². The van der Waals surface area contributed by atoms with Crippen molar-refractivity contribution < 1.29 is 0 Å². The molecule has 42 valence electrons. The number of fused-ring (bicyclic) bond motifs is 3. The summed E-state index contributed by atoms with van der Waals surface area (Å²) in [6, 6.07) is 0. The number of hydrogen-bond donors (Lipinski definition) is 0. The van der Waals surface area contributed by atoms with E-state index in [1.807, 2.05) is 0 Å². The van der Waals surface area contributed by atoms with Gasteiger partial charge in [0.1, 0.15) is 0 Å². The minimum Gasteiger partial charge on any atom is -0.0772 e. The van der Waals surface area contributed by atoms with Crippen molar-refractivity contribution in [2.75, 3.05) is 0 Å². The highest BCUT2D eigenvalue weighted by atomic mass is 14.6. The monoisotopic (exact) mass is 106 g/mol. The molecule has 3 aliphatic carbocycles. The van der Waals surface area contributed by atoms with Crippen LogP contribution in [0.1, 0.15) is 13.3 Å². The van der Waals surface area contributed by atoms with Crippen LogP contribution in [0.4, 0.5) is 0 Å². The number of allylic oxidation sites excluding steroid dienone is 2. The van der Waals surface area contributed by atoms with E-state index in [4.69, 9.17) is 0 Å². The first kappa shape index (κ1) is 3.71. The maximum absolute atomic E-state index is 2.46. The Morgan fingerprint density at radius 1 is 1.62 bits per heavy atom. The zero-order valence-electron chi connectivity index (χ0n) is 5.09. The van der Waals surface area contributed by atoms with E-state index in [2.05, 4.69) is 13.0 Å². The van der Waals surface area contributed by atoms with Crippen molar-refractivity contribution >= 4 is 0 Å². The highest BCUT2D eigenvalue weighted by Crippen LogP contribution is 2.68. The van der Waals surface area contributed by atoms with Gasteiger partial charge in [0.2, 0.25) is 0 Å². The lowest BCUT2D eigenvalue weighted by atomic mass is 10.2. The van der Waals surface area contributed by atoms with Gasteiger partial charge in [-0.1, -0.05) is 18.6 Å². The van der Waals surface area contributed by atoms with Crippen LogP contribution < -0.4 is 0 Å². The van der Waals surface area contributed by atoms with E-state index < -0.39 is 0 Å². The predicted octanol–water partition coefficient (Wildman–Crippen LogP) is 1.83. The summed E-state index contributed by atoms with van der Waals surface area (Å²) in [7, 11) is 0. The van der Waals surface area contributed by atoms with E-state index >= 15 is 0 Å². The minimum atomic E-state index is 1.02. The molecule has 0 spiro atoms. The molecule has 3 rings (SSSR count). The molecule has 3 unspecified atom stereocenters. The van der Waals surface area contributed by atoms with Gasteiger partial charge in [-0.2, -0.15) is 0 Å². The standard InChI is InChI=1S/C8H10/c1-4-6-2-5-3-7(5)8(4)6/h3-4,6-8H,2H2,1H3/t4?,6?,7?,8-/m0/s1. The van der Waals surface area contributed by atoms with E-state index in [1.165, 1.54) is 6.42 Å². The van der Waals surface area contributed by atoms with Crippen LogP contribution >= 0.6 is 0 Å². The SMILES string of the molecule is CC1C2CC3=CC3[C@@H]12. The third-order valence-corrected chi connectivity index (χ3v) is 3.23. The summed E-state index contributed by atoms with van der Waals surface area (Å²) in [6.45, 7) is 2.40. The van der Waals surface area contributed by atoms with Crippen molar-refractivity contribution in [1.82, 2.24) is 0 Å². The summed E-state index contributed by atoms with van der Waals surface area (Å²) in [4.78, 5) is 0. The predicted molar refractivity (Wildman–Crippen MR) is 32.3 cm³/mol. The van der Waals surface area contributed by atoms with E-state index in [9.17, 15) is 0 Å². The van der Waals surface area contributed by atoms with Gasteiger partial charge in [-0.25, -0.2) is 0 Å². The second-order valence-electron chi connectivity index (χ2n) is 3.57. The molecule has 0 bridgehead atoms. The van der Waals surface area contributed by atoms with Crippen LogP contribution in [0.3, 0.4) is 0 Å².